The predicted molar refractivity (Wildman–Crippen MR) is 73.2 cm³/mol. The number of carbonyl (C=O) groups excluding carboxylic acids is 1. The summed E-state index contributed by atoms with van der Waals surface area (Å²) in [6, 6.07) is 7.38. The lowest BCUT2D eigenvalue weighted by Gasteiger charge is -2.07. The van der Waals surface area contributed by atoms with Crippen LogP contribution in [0.1, 0.15) is 19.7 Å². The molecular formula is C13H17N5O. The van der Waals surface area contributed by atoms with Crippen LogP contribution in [-0.4, -0.2) is 21.1 Å². The number of aromatic nitrogens is 3. The van der Waals surface area contributed by atoms with Crippen molar-refractivity contribution in [2.45, 2.75) is 20.4 Å². The number of anilines is 1. The third-order valence-corrected chi connectivity index (χ3v) is 2.66. The van der Waals surface area contributed by atoms with Crippen molar-refractivity contribution in [3.8, 4) is 11.4 Å². The number of aromatic amines is 1. The molecule has 0 bridgehead atoms. The molecule has 100 valence electrons. The van der Waals surface area contributed by atoms with Crippen LogP contribution >= 0.6 is 0 Å². The Morgan fingerprint density at radius 1 is 1.37 bits per heavy atom. The summed E-state index contributed by atoms with van der Waals surface area (Å²) in [5.74, 6) is 1.20. The van der Waals surface area contributed by atoms with E-state index >= 15 is 0 Å². The molecule has 0 unspecified atom stereocenters. The van der Waals surface area contributed by atoms with Gasteiger partial charge in [0.25, 0.3) is 0 Å². The Labute approximate surface area is 111 Å². The summed E-state index contributed by atoms with van der Waals surface area (Å²) in [5, 5.41) is 9.66. The minimum atomic E-state index is -0.0419. The number of nitrogens with zero attached hydrogens (tertiary/aromatic N) is 2. The second-order valence-corrected chi connectivity index (χ2v) is 4.53. The molecule has 0 radical (unpaired) electrons. The lowest BCUT2D eigenvalue weighted by Crippen LogP contribution is -2.17. The molecular weight excluding hydrogens is 242 g/mol. The van der Waals surface area contributed by atoms with Crippen LogP contribution in [0.3, 0.4) is 0 Å². The molecule has 0 aliphatic heterocycles. The zero-order valence-corrected chi connectivity index (χ0v) is 11.0. The number of hydrogen-bond acceptors (Lipinski definition) is 4. The first-order valence-electron chi connectivity index (χ1n) is 6.13. The van der Waals surface area contributed by atoms with E-state index in [1.54, 1.807) is 0 Å². The van der Waals surface area contributed by atoms with Gasteiger partial charge in [-0.1, -0.05) is 13.8 Å². The number of carbonyl (C=O) groups is 1. The van der Waals surface area contributed by atoms with Crippen LogP contribution in [0.25, 0.3) is 11.4 Å². The van der Waals surface area contributed by atoms with Crippen LogP contribution in [0.5, 0.6) is 0 Å². The predicted octanol–water partition coefficient (Wildman–Crippen LogP) is 1.52. The molecule has 0 aliphatic carbocycles. The third kappa shape index (κ3) is 3.17. The van der Waals surface area contributed by atoms with Crippen molar-refractivity contribution < 1.29 is 4.79 Å². The minimum absolute atomic E-state index is 0.00365. The summed E-state index contributed by atoms with van der Waals surface area (Å²) >= 11 is 0. The van der Waals surface area contributed by atoms with Crippen molar-refractivity contribution in [1.82, 2.24) is 15.2 Å². The normalized spacial score (nSPS) is 10.7. The van der Waals surface area contributed by atoms with E-state index < -0.39 is 0 Å². The lowest BCUT2D eigenvalue weighted by molar-refractivity contribution is -0.118. The standard InChI is InChI=1S/C13H17N5O/c1-8(2)13(19)15-10-5-3-9(4-6-10)12-16-11(7-14)17-18-12/h3-6,8H,7,14H2,1-2H3,(H,15,19)(H,16,17,18). The smallest absolute Gasteiger partial charge is 0.226 e. The van der Waals surface area contributed by atoms with Crippen molar-refractivity contribution in [2.24, 2.45) is 11.7 Å². The van der Waals surface area contributed by atoms with Crippen molar-refractivity contribution in [1.29, 1.82) is 0 Å². The molecule has 2 rings (SSSR count). The number of benzene rings is 1. The van der Waals surface area contributed by atoms with Crippen LogP contribution < -0.4 is 11.1 Å². The van der Waals surface area contributed by atoms with E-state index in [-0.39, 0.29) is 11.8 Å². The SMILES string of the molecule is CC(C)C(=O)Nc1ccc(-c2n[nH]c(CN)n2)cc1. The average Bonchev–Trinajstić information content (AvgIpc) is 2.88. The minimum Gasteiger partial charge on any atom is -0.326 e. The zero-order chi connectivity index (χ0) is 13.8. The van der Waals surface area contributed by atoms with Crippen LogP contribution in [-0.2, 0) is 11.3 Å². The first-order chi connectivity index (χ1) is 9.10. The molecule has 1 heterocycles. The van der Waals surface area contributed by atoms with Gasteiger partial charge in [-0.05, 0) is 24.3 Å². The van der Waals surface area contributed by atoms with Gasteiger partial charge in [-0.3, -0.25) is 9.89 Å². The molecule has 1 amide bonds. The van der Waals surface area contributed by atoms with E-state index in [2.05, 4.69) is 20.5 Å². The topological polar surface area (TPSA) is 96.7 Å². The van der Waals surface area contributed by atoms with Gasteiger partial charge in [-0.2, -0.15) is 5.10 Å². The van der Waals surface area contributed by atoms with Gasteiger partial charge in [0.05, 0.1) is 6.54 Å². The molecule has 19 heavy (non-hydrogen) atoms. The van der Waals surface area contributed by atoms with E-state index in [0.29, 0.717) is 18.2 Å². The van der Waals surface area contributed by atoms with Crippen molar-refractivity contribution in [3.05, 3.63) is 30.1 Å². The molecule has 6 nitrogen and oxygen atoms in total. The van der Waals surface area contributed by atoms with Crippen molar-refractivity contribution in [2.75, 3.05) is 5.32 Å². The maximum atomic E-state index is 11.6. The molecule has 0 saturated heterocycles. The fraction of sp³-hybridized carbons (Fsp3) is 0.308. The number of nitrogens with two attached hydrogens (primary N) is 1. The van der Waals surface area contributed by atoms with Crippen LogP contribution in [0.2, 0.25) is 0 Å². The Morgan fingerprint density at radius 3 is 2.58 bits per heavy atom. The summed E-state index contributed by atoms with van der Waals surface area (Å²) in [4.78, 5) is 15.8. The molecule has 4 N–H and O–H groups in total. The van der Waals surface area contributed by atoms with Crippen LogP contribution in [0.4, 0.5) is 5.69 Å². The highest BCUT2D eigenvalue weighted by atomic mass is 16.1. The maximum Gasteiger partial charge on any atom is 0.226 e. The summed E-state index contributed by atoms with van der Waals surface area (Å²) < 4.78 is 0. The molecule has 6 heteroatoms. The second-order valence-electron chi connectivity index (χ2n) is 4.53. The van der Waals surface area contributed by atoms with Crippen molar-refractivity contribution >= 4 is 11.6 Å². The molecule has 2 aromatic rings. The quantitative estimate of drug-likeness (QED) is 0.775. The summed E-state index contributed by atoms with van der Waals surface area (Å²) in [6.07, 6.45) is 0. The molecule has 1 aromatic heterocycles. The fourth-order valence-corrected chi connectivity index (χ4v) is 1.50. The van der Waals surface area contributed by atoms with Gasteiger partial charge < -0.3 is 11.1 Å². The number of H-pyrrole nitrogens is 1. The van der Waals surface area contributed by atoms with Gasteiger partial charge >= 0.3 is 0 Å². The third-order valence-electron chi connectivity index (χ3n) is 2.66. The van der Waals surface area contributed by atoms with Gasteiger partial charge in [0.2, 0.25) is 5.91 Å². The Hall–Kier alpha value is -2.21. The highest BCUT2D eigenvalue weighted by Crippen LogP contribution is 2.18. The van der Waals surface area contributed by atoms with Gasteiger partial charge in [0.1, 0.15) is 5.82 Å². The Bertz CT molecular complexity index is 559. The van der Waals surface area contributed by atoms with E-state index in [0.717, 1.165) is 11.3 Å². The number of rotatable bonds is 4. The Morgan fingerprint density at radius 2 is 2.05 bits per heavy atom. The fourth-order valence-electron chi connectivity index (χ4n) is 1.50. The highest BCUT2D eigenvalue weighted by molar-refractivity contribution is 5.92. The van der Waals surface area contributed by atoms with Crippen molar-refractivity contribution in [3.63, 3.8) is 0 Å². The first kappa shape index (κ1) is 13.2. The Balaban J connectivity index is 2.12. The zero-order valence-electron chi connectivity index (χ0n) is 11.0. The highest BCUT2D eigenvalue weighted by Gasteiger charge is 2.08. The molecule has 0 saturated carbocycles. The maximum absolute atomic E-state index is 11.6. The Kier molecular flexibility index (Phi) is 3.91. The summed E-state index contributed by atoms with van der Waals surface area (Å²) in [7, 11) is 0. The largest absolute Gasteiger partial charge is 0.326 e. The lowest BCUT2D eigenvalue weighted by atomic mass is 10.1. The number of nitrogens with one attached hydrogen (secondary N) is 2. The van der Waals surface area contributed by atoms with E-state index in [9.17, 15) is 4.79 Å². The van der Waals surface area contributed by atoms with Crippen LogP contribution in [0.15, 0.2) is 24.3 Å². The molecule has 0 atom stereocenters. The number of amides is 1. The molecule has 0 fully saturated rings. The van der Waals surface area contributed by atoms with Crippen LogP contribution in [0, 0.1) is 5.92 Å². The molecule has 0 aliphatic rings. The first-order valence-corrected chi connectivity index (χ1v) is 6.13. The summed E-state index contributed by atoms with van der Waals surface area (Å²) in [5.41, 5.74) is 7.10. The number of hydrogen-bond donors (Lipinski definition) is 3. The summed E-state index contributed by atoms with van der Waals surface area (Å²) in [6.45, 7) is 4.03. The average molecular weight is 259 g/mol. The van der Waals surface area contributed by atoms with Gasteiger partial charge in [0.15, 0.2) is 5.82 Å². The molecule has 1 aromatic carbocycles. The van der Waals surface area contributed by atoms with E-state index in [1.807, 2.05) is 38.1 Å². The van der Waals surface area contributed by atoms with Gasteiger partial charge in [-0.15, -0.1) is 0 Å². The van der Waals surface area contributed by atoms with E-state index in [4.69, 9.17) is 5.73 Å². The molecule has 0 spiro atoms. The van der Waals surface area contributed by atoms with Gasteiger partial charge in [0, 0.05) is 17.2 Å². The van der Waals surface area contributed by atoms with E-state index in [1.165, 1.54) is 0 Å². The second kappa shape index (κ2) is 5.62. The monoisotopic (exact) mass is 259 g/mol. The van der Waals surface area contributed by atoms with Gasteiger partial charge in [-0.25, -0.2) is 4.98 Å².